The molecule has 1 aromatic heterocycles. The van der Waals surface area contributed by atoms with Crippen molar-refractivity contribution in [2.75, 3.05) is 5.32 Å². The molecule has 20 heavy (non-hydrogen) atoms. The predicted octanol–water partition coefficient (Wildman–Crippen LogP) is 4.35. The van der Waals surface area contributed by atoms with Gasteiger partial charge in [0.1, 0.15) is 17.7 Å². The summed E-state index contributed by atoms with van der Waals surface area (Å²) < 4.78 is 27.1. The van der Waals surface area contributed by atoms with Crippen molar-refractivity contribution >= 4 is 27.4 Å². The van der Waals surface area contributed by atoms with Crippen LogP contribution in [0.1, 0.15) is 16.8 Å². The first-order chi connectivity index (χ1) is 9.42. The van der Waals surface area contributed by atoms with Gasteiger partial charge in [0.25, 0.3) is 0 Å². The number of aromatic nitrogens is 1. The molecule has 0 aliphatic carbocycles. The highest BCUT2D eigenvalue weighted by Gasteiger charge is 2.14. The fraction of sp³-hybridized carbons (Fsp3) is 0.143. The van der Waals surface area contributed by atoms with E-state index >= 15 is 0 Å². The van der Waals surface area contributed by atoms with E-state index in [0.29, 0.717) is 11.3 Å². The molecule has 0 atom stereocenters. The van der Waals surface area contributed by atoms with Crippen LogP contribution in [0.5, 0.6) is 0 Å². The Balaban J connectivity index is 2.54. The molecule has 0 amide bonds. The topological polar surface area (TPSA) is 48.7 Å². The van der Waals surface area contributed by atoms with Crippen LogP contribution in [0.2, 0.25) is 0 Å². The van der Waals surface area contributed by atoms with E-state index in [-0.39, 0.29) is 16.0 Å². The number of pyridine rings is 1. The Kier molecular flexibility index (Phi) is 4.00. The fourth-order valence-corrected chi connectivity index (χ4v) is 2.36. The first-order valence-corrected chi connectivity index (χ1v) is 6.51. The smallest absolute Gasteiger partial charge is 0.150 e. The summed E-state index contributed by atoms with van der Waals surface area (Å²) in [6.07, 6.45) is 0. The summed E-state index contributed by atoms with van der Waals surface area (Å²) in [5.41, 5.74) is 1.80. The van der Waals surface area contributed by atoms with Crippen LogP contribution in [-0.2, 0) is 0 Å². The zero-order chi connectivity index (χ0) is 14.9. The number of nitrogens with zero attached hydrogens (tertiary/aromatic N) is 2. The minimum absolute atomic E-state index is 0.0420. The van der Waals surface area contributed by atoms with E-state index in [4.69, 9.17) is 5.26 Å². The summed E-state index contributed by atoms with van der Waals surface area (Å²) in [5, 5.41) is 11.9. The van der Waals surface area contributed by atoms with Crippen LogP contribution in [0.15, 0.2) is 22.7 Å². The predicted molar refractivity (Wildman–Crippen MR) is 75.8 cm³/mol. The van der Waals surface area contributed by atoms with Gasteiger partial charge in [0.15, 0.2) is 5.82 Å². The molecule has 0 saturated heterocycles. The standard InChI is InChI=1S/C14H10BrF2N3/c1-7-3-8(2)19-14(10(7)6-18)20-13-11(15)4-9(16)5-12(13)17/h3-5H,1-2H3,(H,19,20). The SMILES string of the molecule is Cc1cc(C)c(C#N)c(Nc2c(F)cc(F)cc2Br)n1. The number of nitriles is 1. The molecule has 2 rings (SSSR count). The lowest BCUT2D eigenvalue weighted by atomic mass is 10.1. The lowest BCUT2D eigenvalue weighted by Gasteiger charge is -2.12. The molecule has 6 heteroatoms. The second-order valence-corrected chi connectivity index (χ2v) is 5.14. The third-order valence-electron chi connectivity index (χ3n) is 2.71. The van der Waals surface area contributed by atoms with Gasteiger partial charge in [0, 0.05) is 16.2 Å². The van der Waals surface area contributed by atoms with Gasteiger partial charge >= 0.3 is 0 Å². The van der Waals surface area contributed by atoms with E-state index in [0.717, 1.165) is 17.7 Å². The number of anilines is 2. The Labute approximate surface area is 123 Å². The lowest BCUT2D eigenvalue weighted by Crippen LogP contribution is -2.03. The van der Waals surface area contributed by atoms with E-state index in [1.54, 1.807) is 19.9 Å². The van der Waals surface area contributed by atoms with Gasteiger partial charge in [-0.3, -0.25) is 0 Å². The van der Waals surface area contributed by atoms with Gasteiger partial charge in [-0.2, -0.15) is 5.26 Å². The maximum Gasteiger partial charge on any atom is 0.150 e. The van der Waals surface area contributed by atoms with Crippen LogP contribution in [0.25, 0.3) is 0 Å². The number of hydrogen-bond donors (Lipinski definition) is 1. The molecular weight excluding hydrogens is 328 g/mol. The summed E-state index contributed by atoms with van der Waals surface area (Å²) in [6, 6.07) is 5.69. The molecule has 0 aliphatic heterocycles. The molecule has 2 aromatic rings. The van der Waals surface area contributed by atoms with Crippen LogP contribution >= 0.6 is 15.9 Å². The maximum atomic E-state index is 13.8. The third kappa shape index (κ3) is 2.78. The van der Waals surface area contributed by atoms with Crippen molar-refractivity contribution in [1.82, 2.24) is 4.98 Å². The molecular formula is C14H10BrF2N3. The van der Waals surface area contributed by atoms with Gasteiger partial charge in [0.2, 0.25) is 0 Å². The highest BCUT2D eigenvalue weighted by molar-refractivity contribution is 9.10. The first kappa shape index (κ1) is 14.4. The summed E-state index contributed by atoms with van der Waals surface area (Å²) in [7, 11) is 0. The third-order valence-corrected chi connectivity index (χ3v) is 3.33. The maximum absolute atomic E-state index is 13.8. The van der Waals surface area contributed by atoms with Gasteiger partial charge in [-0.15, -0.1) is 0 Å². The van der Waals surface area contributed by atoms with Crippen molar-refractivity contribution in [3.63, 3.8) is 0 Å². The van der Waals surface area contributed by atoms with E-state index in [9.17, 15) is 8.78 Å². The van der Waals surface area contributed by atoms with Crippen LogP contribution in [0.4, 0.5) is 20.3 Å². The molecule has 0 unspecified atom stereocenters. The Bertz CT molecular complexity index is 700. The molecule has 0 fully saturated rings. The average molecular weight is 338 g/mol. The second-order valence-electron chi connectivity index (χ2n) is 4.29. The van der Waals surface area contributed by atoms with Gasteiger partial charge in [0.05, 0.1) is 11.3 Å². The van der Waals surface area contributed by atoms with Gasteiger partial charge in [-0.05, 0) is 47.5 Å². The Morgan fingerprint density at radius 2 is 1.95 bits per heavy atom. The number of hydrogen-bond acceptors (Lipinski definition) is 3. The van der Waals surface area contributed by atoms with Crippen molar-refractivity contribution in [3.05, 3.63) is 51.1 Å². The first-order valence-electron chi connectivity index (χ1n) is 5.72. The van der Waals surface area contributed by atoms with Gasteiger partial charge in [-0.25, -0.2) is 13.8 Å². The van der Waals surface area contributed by atoms with Crippen LogP contribution in [0.3, 0.4) is 0 Å². The summed E-state index contributed by atoms with van der Waals surface area (Å²) in [5.74, 6) is -1.20. The molecule has 0 aliphatic rings. The summed E-state index contributed by atoms with van der Waals surface area (Å²) >= 11 is 3.09. The van der Waals surface area contributed by atoms with Crippen molar-refractivity contribution < 1.29 is 8.78 Å². The monoisotopic (exact) mass is 337 g/mol. The molecule has 1 N–H and O–H groups in total. The molecule has 0 bridgehead atoms. The van der Waals surface area contributed by atoms with Gasteiger partial charge < -0.3 is 5.32 Å². The molecule has 1 aromatic carbocycles. The van der Waals surface area contributed by atoms with Crippen LogP contribution in [-0.4, -0.2) is 4.98 Å². The zero-order valence-corrected chi connectivity index (χ0v) is 12.3. The molecule has 1 heterocycles. The van der Waals surface area contributed by atoms with Crippen molar-refractivity contribution in [1.29, 1.82) is 5.26 Å². The van der Waals surface area contributed by atoms with Gasteiger partial charge in [-0.1, -0.05) is 0 Å². The minimum Gasteiger partial charge on any atom is -0.336 e. The van der Waals surface area contributed by atoms with E-state index in [1.165, 1.54) is 0 Å². The number of rotatable bonds is 2. The average Bonchev–Trinajstić information content (AvgIpc) is 2.33. The molecule has 102 valence electrons. The van der Waals surface area contributed by atoms with Crippen molar-refractivity contribution in [2.45, 2.75) is 13.8 Å². The second kappa shape index (κ2) is 5.55. The fourth-order valence-electron chi connectivity index (χ4n) is 1.85. The molecule has 0 saturated carbocycles. The van der Waals surface area contributed by atoms with Crippen LogP contribution < -0.4 is 5.32 Å². The highest BCUT2D eigenvalue weighted by Crippen LogP contribution is 2.31. The molecule has 3 nitrogen and oxygen atoms in total. The van der Waals surface area contributed by atoms with E-state index < -0.39 is 11.6 Å². The Morgan fingerprint density at radius 3 is 2.55 bits per heavy atom. The van der Waals surface area contributed by atoms with Crippen LogP contribution in [0, 0.1) is 36.8 Å². The van der Waals surface area contributed by atoms with Crippen molar-refractivity contribution in [3.8, 4) is 6.07 Å². The molecule has 0 radical (unpaired) electrons. The quantitative estimate of drug-likeness (QED) is 0.885. The zero-order valence-electron chi connectivity index (χ0n) is 10.8. The normalized spacial score (nSPS) is 10.2. The Hall–Kier alpha value is -2.00. The lowest BCUT2D eigenvalue weighted by molar-refractivity contribution is 0.584. The number of aryl methyl sites for hydroxylation is 2. The summed E-state index contributed by atoms with van der Waals surface area (Å²) in [6.45, 7) is 3.55. The molecule has 0 spiro atoms. The number of nitrogens with one attached hydrogen (secondary N) is 1. The van der Waals surface area contributed by atoms with Crippen molar-refractivity contribution in [2.24, 2.45) is 0 Å². The number of halogens is 3. The van der Waals surface area contributed by atoms with E-state index in [1.807, 2.05) is 6.07 Å². The Morgan fingerprint density at radius 1 is 1.25 bits per heavy atom. The highest BCUT2D eigenvalue weighted by atomic mass is 79.9. The summed E-state index contributed by atoms with van der Waals surface area (Å²) in [4.78, 5) is 4.19. The van der Waals surface area contributed by atoms with E-state index in [2.05, 4.69) is 26.2 Å². The largest absolute Gasteiger partial charge is 0.336 e. The minimum atomic E-state index is -0.762. The number of benzene rings is 1.